The van der Waals surface area contributed by atoms with Gasteiger partial charge in [0.05, 0.1) is 30.0 Å². The summed E-state index contributed by atoms with van der Waals surface area (Å²) in [5, 5.41) is 11.1. The first-order chi connectivity index (χ1) is 15.5. The van der Waals surface area contributed by atoms with Crippen molar-refractivity contribution >= 4 is 17.4 Å². The standard InChI is InChI=1S/C26H24N2O4/c1-17(2)32-21-13-11-19(12-14-21)24(29)22-23(18-8-4-3-5-9-18)28(26(31)25(22)30)16-20-10-6-7-15-27-20/h3-15,17,23,29H,16H2,1-2H3/b24-22+. The second kappa shape index (κ2) is 9.06. The minimum Gasteiger partial charge on any atom is -0.507 e. The number of amides is 1. The van der Waals surface area contributed by atoms with E-state index >= 15 is 0 Å². The lowest BCUT2D eigenvalue weighted by Crippen LogP contribution is -2.29. The van der Waals surface area contributed by atoms with Crippen molar-refractivity contribution < 1.29 is 19.4 Å². The van der Waals surface area contributed by atoms with Gasteiger partial charge in [-0.3, -0.25) is 14.6 Å². The number of aliphatic hydroxyl groups is 1. The van der Waals surface area contributed by atoms with Gasteiger partial charge in [-0.15, -0.1) is 0 Å². The van der Waals surface area contributed by atoms with Crippen LogP contribution < -0.4 is 4.74 Å². The highest BCUT2D eigenvalue weighted by Gasteiger charge is 2.46. The Morgan fingerprint density at radius 2 is 1.69 bits per heavy atom. The summed E-state index contributed by atoms with van der Waals surface area (Å²) in [5.74, 6) is -0.927. The number of benzene rings is 2. The average Bonchev–Trinajstić information content (AvgIpc) is 3.05. The van der Waals surface area contributed by atoms with Crippen LogP contribution in [-0.2, 0) is 16.1 Å². The van der Waals surface area contributed by atoms with Crippen LogP contribution in [0.15, 0.2) is 84.6 Å². The van der Waals surface area contributed by atoms with Crippen molar-refractivity contribution in [2.24, 2.45) is 0 Å². The molecule has 4 rings (SSSR count). The number of nitrogens with zero attached hydrogens (tertiary/aromatic N) is 2. The molecule has 2 aromatic carbocycles. The summed E-state index contributed by atoms with van der Waals surface area (Å²) in [7, 11) is 0. The third-order valence-corrected chi connectivity index (χ3v) is 5.21. The summed E-state index contributed by atoms with van der Waals surface area (Å²) in [4.78, 5) is 31.8. The Morgan fingerprint density at radius 3 is 2.31 bits per heavy atom. The van der Waals surface area contributed by atoms with E-state index in [9.17, 15) is 14.7 Å². The molecule has 1 aromatic heterocycles. The fourth-order valence-electron chi connectivity index (χ4n) is 3.81. The molecule has 1 aliphatic heterocycles. The van der Waals surface area contributed by atoms with E-state index in [2.05, 4.69) is 4.98 Å². The normalized spacial score (nSPS) is 17.7. The highest BCUT2D eigenvalue weighted by molar-refractivity contribution is 6.46. The minimum atomic E-state index is -0.718. The van der Waals surface area contributed by atoms with Crippen LogP contribution in [-0.4, -0.2) is 32.8 Å². The van der Waals surface area contributed by atoms with E-state index in [-0.39, 0.29) is 24.0 Å². The first-order valence-electron chi connectivity index (χ1n) is 10.5. The van der Waals surface area contributed by atoms with Gasteiger partial charge < -0.3 is 14.7 Å². The smallest absolute Gasteiger partial charge is 0.296 e. The summed E-state index contributed by atoms with van der Waals surface area (Å²) in [6.45, 7) is 4.01. The first-order valence-corrected chi connectivity index (χ1v) is 10.5. The average molecular weight is 428 g/mol. The third kappa shape index (κ3) is 4.25. The van der Waals surface area contributed by atoms with Gasteiger partial charge in [-0.1, -0.05) is 36.4 Å². The molecule has 3 aromatic rings. The Balaban J connectivity index is 1.78. The Hall–Kier alpha value is -3.93. The number of hydrogen-bond acceptors (Lipinski definition) is 5. The quantitative estimate of drug-likeness (QED) is 0.355. The summed E-state index contributed by atoms with van der Waals surface area (Å²) in [6.07, 6.45) is 1.66. The van der Waals surface area contributed by atoms with Crippen molar-refractivity contribution in [2.75, 3.05) is 0 Å². The van der Waals surface area contributed by atoms with Gasteiger partial charge in [0.1, 0.15) is 11.5 Å². The summed E-state index contributed by atoms with van der Waals surface area (Å²) in [5.41, 5.74) is 1.90. The second-order valence-electron chi connectivity index (χ2n) is 7.85. The van der Waals surface area contributed by atoms with Gasteiger partial charge in [0.2, 0.25) is 0 Å². The molecule has 1 saturated heterocycles. The lowest BCUT2D eigenvalue weighted by atomic mass is 9.95. The molecule has 0 aliphatic carbocycles. The van der Waals surface area contributed by atoms with Gasteiger partial charge in [-0.25, -0.2) is 0 Å². The van der Waals surface area contributed by atoms with Crippen LogP contribution in [0.5, 0.6) is 5.75 Å². The number of likely N-dealkylation sites (tertiary alicyclic amines) is 1. The molecule has 1 atom stereocenters. The predicted octanol–water partition coefficient (Wildman–Crippen LogP) is 4.49. The second-order valence-corrected chi connectivity index (χ2v) is 7.85. The first kappa shape index (κ1) is 21.3. The molecule has 32 heavy (non-hydrogen) atoms. The van der Waals surface area contributed by atoms with Crippen LogP contribution in [0.2, 0.25) is 0 Å². The highest BCUT2D eigenvalue weighted by Crippen LogP contribution is 2.40. The van der Waals surface area contributed by atoms with E-state index in [1.54, 1.807) is 42.6 Å². The largest absolute Gasteiger partial charge is 0.507 e. The van der Waals surface area contributed by atoms with E-state index in [4.69, 9.17) is 4.74 Å². The third-order valence-electron chi connectivity index (χ3n) is 5.21. The number of carbonyl (C=O) groups is 2. The molecule has 1 N–H and O–H groups in total. The van der Waals surface area contributed by atoms with Gasteiger partial charge in [0, 0.05) is 11.8 Å². The van der Waals surface area contributed by atoms with E-state index in [1.807, 2.05) is 50.2 Å². The fourth-order valence-corrected chi connectivity index (χ4v) is 3.81. The van der Waals surface area contributed by atoms with Crippen LogP contribution in [0.4, 0.5) is 0 Å². The molecule has 6 heteroatoms. The van der Waals surface area contributed by atoms with Gasteiger partial charge in [0.25, 0.3) is 11.7 Å². The Labute approximate surface area is 186 Å². The van der Waals surface area contributed by atoms with Crippen molar-refractivity contribution in [3.8, 4) is 5.75 Å². The fraction of sp³-hybridized carbons (Fsp3) is 0.192. The Kier molecular flexibility index (Phi) is 6.03. The van der Waals surface area contributed by atoms with E-state index in [0.29, 0.717) is 17.0 Å². The maximum Gasteiger partial charge on any atom is 0.296 e. The summed E-state index contributed by atoms with van der Waals surface area (Å²) < 4.78 is 5.65. The Bertz CT molecular complexity index is 1140. The molecule has 1 amide bonds. The predicted molar refractivity (Wildman–Crippen MR) is 121 cm³/mol. The van der Waals surface area contributed by atoms with Crippen LogP contribution in [0.25, 0.3) is 5.76 Å². The molecule has 1 unspecified atom stereocenters. The Morgan fingerprint density at radius 1 is 1.00 bits per heavy atom. The van der Waals surface area contributed by atoms with Gasteiger partial charge in [-0.05, 0) is 55.8 Å². The van der Waals surface area contributed by atoms with E-state index < -0.39 is 17.7 Å². The number of aliphatic hydroxyl groups excluding tert-OH is 1. The van der Waals surface area contributed by atoms with Crippen LogP contribution >= 0.6 is 0 Å². The zero-order valence-corrected chi connectivity index (χ0v) is 17.9. The lowest BCUT2D eigenvalue weighted by Gasteiger charge is -2.25. The minimum absolute atomic E-state index is 0.0180. The number of ketones is 1. The maximum absolute atomic E-state index is 13.1. The molecule has 0 saturated carbocycles. The van der Waals surface area contributed by atoms with Gasteiger partial charge in [-0.2, -0.15) is 0 Å². The number of carbonyl (C=O) groups excluding carboxylic acids is 2. The van der Waals surface area contributed by atoms with Gasteiger partial charge in [0.15, 0.2) is 0 Å². The molecule has 0 bridgehead atoms. The van der Waals surface area contributed by atoms with Crippen LogP contribution in [0.3, 0.4) is 0 Å². The van der Waals surface area contributed by atoms with E-state index in [0.717, 1.165) is 5.56 Å². The van der Waals surface area contributed by atoms with E-state index in [1.165, 1.54) is 4.90 Å². The molecule has 6 nitrogen and oxygen atoms in total. The van der Waals surface area contributed by atoms with Crippen molar-refractivity contribution in [3.63, 3.8) is 0 Å². The highest BCUT2D eigenvalue weighted by atomic mass is 16.5. The van der Waals surface area contributed by atoms with Crippen LogP contribution in [0, 0.1) is 0 Å². The topological polar surface area (TPSA) is 79.7 Å². The molecule has 0 radical (unpaired) electrons. The molecular formula is C26H24N2O4. The molecule has 1 fully saturated rings. The number of hydrogen-bond donors (Lipinski definition) is 1. The van der Waals surface area contributed by atoms with Gasteiger partial charge >= 0.3 is 0 Å². The summed E-state index contributed by atoms with van der Waals surface area (Å²) >= 11 is 0. The van der Waals surface area contributed by atoms with Crippen molar-refractivity contribution in [1.82, 2.24) is 9.88 Å². The zero-order chi connectivity index (χ0) is 22.7. The van der Waals surface area contributed by atoms with Crippen molar-refractivity contribution in [2.45, 2.75) is 32.5 Å². The molecular weight excluding hydrogens is 404 g/mol. The molecule has 162 valence electrons. The number of rotatable bonds is 6. The number of pyridine rings is 1. The molecule has 0 spiro atoms. The monoisotopic (exact) mass is 428 g/mol. The zero-order valence-electron chi connectivity index (χ0n) is 17.9. The maximum atomic E-state index is 13.1. The van der Waals surface area contributed by atoms with Crippen molar-refractivity contribution in [3.05, 3.63) is 101 Å². The summed E-state index contributed by atoms with van der Waals surface area (Å²) in [6, 6.07) is 20.8. The number of ether oxygens (including phenoxy) is 1. The molecule has 2 heterocycles. The lowest BCUT2D eigenvalue weighted by molar-refractivity contribution is -0.140. The SMILES string of the molecule is CC(C)Oc1ccc(/C(O)=C2\C(=O)C(=O)N(Cc3ccccn3)C2c2ccccc2)cc1. The van der Waals surface area contributed by atoms with Crippen LogP contribution in [0.1, 0.15) is 36.7 Å². The molecule has 1 aliphatic rings. The number of Topliss-reactive ketones (excluding diaryl/α,β-unsaturated/α-hetero) is 1. The van der Waals surface area contributed by atoms with Crippen molar-refractivity contribution in [1.29, 1.82) is 0 Å². The number of aromatic nitrogens is 1.